The molecule has 0 radical (unpaired) electrons. The molecule has 3 saturated carbocycles. The van der Waals surface area contributed by atoms with Crippen LogP contribution in [0.5, 0.6) is 5.75 Å². The quantitative estimate of drug-likeness (QED) is 0.172. The fraction of sp³-hybridized carbons (Fsp3) is 0.730. The summed E-state index contributed by atoms with van der Waals surface area (Å²) in [6.45, 7) is 12.5. The molecule has 1 aromatic rings. The van der Waals surface area contributed by atoms with Crippen molar-refractivity contribution in [2.75, 3.05) is 0 Å². The summed E-state index contributed by atoms with van der Waals surface area (Å²) in [5.41, 5.74) is 3.35. The Morgan fingerprint density at radius 3 is 2.54 bits per heavy atom. The topological polar surface area (TPSA) is 59.3 Å². The van der Waals surface area contributed by atoms with Crippen LogP contribution >= 0.6 is 0 Å². The summed E-state index contributed by atoms with van der Waals surface area (Å²) in [6, 6.07) is 9.55. The molecule has 0 amide bonds. The van der Waals surface area contributed by atoms with Gasteiger partial charge in [-0.05, 0) is 115 Å². The van der Waals surface area contributed by atoms with Gasteiger partial charge in [-0.2, -0.15) is 5.26 Å². The van der Waals surface area contributed by atoms with Crippen molar-refractivity contribution >= 4 is 6.16 Å². The van der Waals surface area contributed by atoms with E-state index >= 15 is 0 Å². The van der Waals surface area contributed by atoms with Gasteiger partial charge in [-0.25, -0.2) is 4.79 Å². The minimum absolute atomic E-state index is 0.107. The number of hydrogen-bond donors (Lipinski definition) is 0. The maximum absolute atomic E-state index is 12.6. The molecular formula is C37H53NO3. The second-order valence-electron chi connectivity index (χ2n) is 14.9. The Labute approximate surface area is 249 Å². The van der Waals surface area contributed by atoms with Crippen LogP contribution in [0.15, 0.2) is 35.9 Å². The van der Waals surface area contributed by atoms with Crippen LogP contribution in [0.4, 0.5) is 4.79 Å². The molecule has 0 N–H and O–H groups in total. The third-order valence-electron chi connectivity index (χ3n) is 12.2. The van der Waals surface area contributed by atoms with Gasteiger partial charge in [0.1, 0.15) is 11.9 Å². The van der Waals surface area contributed by atoms with E-state index in [4.69, 9.17) is 14.7 Å². The molecule has 4 heteroatoms. The number of allylic oxidation sites excluding steroid dienone is 1. The summed E-state index contributed by atoms with van der Waals surface area (Å²) in [4.78, 5) is 12.6. The van der Waals surface area contributed by atoms with Crippen molar-refractivity contribution in [3.8, 4) is 11.8 Å². The molecule has 5 rings (SSSR count). The lowest BCUT2D eigenvalue weighted by Gasteiger charge is -2.58. The number of carbonyl (C=O) groups is 1. The van der Waals surface area contributed by atoms with Crippen LogP contribution in [0.3, 0.4) is 0 Å². The van der Waals surface area contributed by atoms with E-state index in [1.165, 1.54) is 56.9 Å². The zero-order valence-corrected chi connectivity index (χ0v) is 26.3. The molecule has 4 nitrogen and oxygen atoms in total. The highest BCUT2D eigenvalue weighted by Crippen LogP contribution is 2.67. The Hall–Kier alpha value is -2.28. The van der Waals surface area contributed by atoms with Crippen LogP contribution in [-0.2, 0) is 11.2 Å². The number of aryl methyl sites for hydroxylation is 1. The molecule has 4 aliphatic rings. The lowest BCUT2D eigenvalue weighted by atomic mass is 9.47. The third kappa shape index (κ3) is 6.25. The maximum Gasteiger partial charge on any atom is 0.514 e. The van der Waals surface area contributed by atoms with Gasteiger partial charge in [-0.15, -0.1) is 0 Å². The Morgan fingerprint density at radius 1 is 1.02 bits per heavy atom. The number of fused-ring (bicyclic) bond motifs is 5. The van der Waals surface area contributed by atoms with Gasteiger partial charge in [0.15, 0.2) is 0 Å². The predicted octanol–water partition coefficient (Wildman–Crippen LogP) is 10.1. The molecule has 224 valence electrons. The molecule has 0 saturated heterocycles. The summed E-state index contributed by atoms with van der Waals surface area (Å²) in [5.74, 6) is 5.49. The molecule has 0 aliphatic heterocycles. The molecule has 1 aromatic carbocycles. The molecule has 0 bridgehead atoms. The van der Waals surface area contributed by atoms with Crippen LogP contribution in [0.1, 0.15) is 117 Å². The number of carbonyl (C=O) groups excluding carboxylic acids is 1. The lowest BCUT2D eigenvalue weighted by molar-refractivity contribution is -0.0597. The van der Waals surface area contributed by atoms with Crippen molar-refractivity contribution in [3.05, 3.63) is 41.5 Å². The minimum atomic E-state index is -0.606. The van der Waals surface area contributed by atoms with E-state index in [1.807, 2.05) is 12.1 Å². The zero-order valence-electron chi connectivity index (χ0n) is 26.3. The lowest BCUT2D eigenvalue weighted by Crippen LogP contribution is -2.51. The highest BCUT2D eigenvalue weighted by molar-refractivity contribution is 5.64. The van der Waals surface area contributed by atoms with Crippen LogP contribution in [0, 0.1) is 57.7 Å². The Bertz CT molecular complexity index is 1130. The number of benzene rings is 1. The first-order valence-corrected chi connectivity index (χ1v) is 16.7. The van der Waals surface area contributed by atoms with E-state index in [2.05, 4.69) is 46.8 Å². The van der Waals surface area contributed by atoms with Gasteiger partial charge in [0, 0.05) is 12.8 Å². The molecule has 8 atom stereocenters. The first-order chi connectivity index (χ1) is 19.6. The van der Waals surface area contributed by atoms with Gasteiger partial charge in [-0.1, -0.05) is 77.7 Å². The largest absolute Gasteiger partial charge is 0.514 e. The van der Waals surface area contributed by atoms with E-state index < -0.39 is 6.16 Å². The number of nitriles is 1. The number of ether oxygens (including phenoxy) is 2. The van der Waals surface area contributed by atoms with E-state index in [0.717, 1.165) is 60.3 Å². The first kappa shape index (κ1) is 30.2. The zero-order chi connectivity index (χ0) is 29.2. The molecule has 41 heavy (non-hydrogen) atoms. The second kappa shape index (κ2) is 12.5. The minimum Gasteiger partial charge on any atom is -0.430 e. The van der Waals surface area contributed by atoms with Crippen LogP contribution in [0.2, 0.25) is 0 Å². The van der Waals surface area contributed by atoms with Gasteiger partial charge < -0.3 is 9.47 Å². The monoisotopic (exact) mass is 559 g/mol. The molecular weight excluding hydrogens is 506 g/mol. The third-order valence-corrected chi connectivity index (χ3v) is 12.2. The van der Waals surface area contributed by atoms with Crippen molar-refractivity contribution in [2.45, 2.75) is 124 Å². The van der Waals surface area contributed by atoms with E-state index in [-0.39, 0.29) is 11.5 Å². The van der Waals surface area contributed by atoms with Gasteiger partial charge >= 0.3 is 6.16 Å². The SMILES string of the molecule is CC(C)CCC[C@@H](C)[C@H]1CC[C@H]2[C@@H]3CC=C4C[C@@H](OC(=O)Oc5ccc(CCC#N)cc5)CC[C@]4(C)[C@H]3CC[C@]12C. The second-order valence-corrected chi connectivity index (χ2v) is 14.9. The van der Waals surface area contributed by atoms with Crippen LogP contribution in [-0.4, -0.2) is 12.3 Å². The van der Waals surface area contributed by atoms with Gasteiger partial charge in [0.25, 0.3) is 0 Å². The van der Waals surface area contributed by atoms with E-state index in [0.29, 0.717) is 24.0 Å². The Morgan fingerprint density at radius 2 is 1.80 bits per heavy atom. The predicted molar refractivity (Wildman–Crippen MR) is 164 cm³/mol. The molecule has 3 fully saturated rings. The standard InChI is InChI=1S/C37H53NO3/c1-25(2)8-6-9-26(3)32-17-18-33-31-16-13-28-24-30(19-21-36(28,4)34(31)20-22-37(32,33)5)41-35(39)40-29-14-11-27(12-15-29)10-7-23-38/h11-15,25-26,30-34H,6-10,16-22,24H2,1-5H3/t26-,30+,31+,32-,33+,34+,36+,37-/m1/s1. The highest BCUT2D eigenvalue weighted by atomic mass is 16.7. The Kier molecular flexibility index (Phi) is 9.22. The summed E-state index contributed by atoms with van der Waals surface area (Å²) in [5, 5.41) is 8.77. The van der Waals surface area contributed by atoms with Crippen LogP contribution in [0.25, 0.3) is 0 Å². The maximum atomic E-state index is 12.6. The average molecular weight is 560 g/mol. The van der Waals surface area contributed by atoms with Crippen molar-refractivity contribution in [1.29, 1.82) is 5.26 Å². The van der Waals surface area contributed by atoms with Crippen molar-refractivity contribution in [3.63, 3.8) is 0 Å². The van der Waals surface area contributed by atoms with Crippen molar-refractivity contribution in [1.82, 2.24) is 0 Å². The van der Waals surface area contributed by atoms with Gasteiger partial charge in [-0.3, -0.25) is 0 Å². The first-order valence-electron chi connectivity index (χ1n) is 16.7. The molecule has 0 spiro atoms. The average Bonchev–Trinajstić information content (AvgIpc) is 3.30. The van der Waals surface area contributed by atoms with Crippen LogP contribution < -0.4 is 4.74 Å². The number of nitrogens with zero attached hydrogens (tertiary/aromatic N) is 1. The Balaban J connectivity index is 1.18. The van der Waals surface area contributed by atoms with Gasteiger partial charge in [0.2, 0.25) is 0 Å². The summed E-state index contributed by atoms with van der Waals surface area (Å²) >= 11 is 0. The summed E-state index contributed by atoms with van der Waals surface area (Å²) in [6.07, 6.45) is 16.9. The fourth-order valence-electron chi connectivity index (χ4n) is 9.93. The number of hydrogen-bond acceptors (Lipinski definition) is 4. The molecule has 0 heterocycles. The fourth-order valence-corrected chi connectivity index (χ4v) is 9.93. The smallest absolute Gasteiger partial charge is 0.430 e. The molecule has 4 aliphatic carbocycles. The molecule has 0 aromatic heterocycles. The highest BCUT2D eigenvalue weighted by Gasteiger charge is 2.59. The van der Waals surface area contributed by atoms with Gasteiger partial charge in [0.05, 0.1) is 6.07 Å². The van der Waals surface area contributed by atoms with E-state index in [1.54, 1.807) is 12.1 Å². The molecule has 0 unspecified atom stereocenters. The summed E-state index contributed by atoms with van der Waals surface area (Å²) < 4.78 is 11.3. The number of rotatable bonds is 9. The van der Waals surface area contributed by atoms with Crippen molar-refractivity contribution in [2.24, 2.45) is 46.3 Å². The van der Waals surface area contributed by atoms with Crippen molar-refractivity contribution < 1.29 is 14.3 Å². The normalized spacial score (nSPS) is 35.0. The summed E-state index contributed by atoms with van der Waals surface area (Å²) in [7, 11) is 0. The van der Waals surface area contributed by atoms with E-state index in [9.17, 15) is 4.79 Å².